The first-order valence-corrected chi connectivity index (χ1v) is 5.49. The molecule has 1 aromatic rings. The van der Waals surface area contributed by atoms with Crippen molar-refractivity contribution in [2.45, 2.75) is 13.5 Å². The summed E-state index contributed by atoms with van der Waals surface area (Å²) >= 11 is 3.41. The van der Waals surface area contributed by atoms with Crippen LogP contribution in [-0.4, -0.2) is 18.6 Å². The zero-order valence-electron chi connectivity index (χ0n) is 8.79. The van der Waals surface area contributed by atoms with Gasteiger partial charge in [0.25, 0.3) is 4.92 Å². The van der Waals surface area contributed by atoms with Gasteiger partial charge in [-0.15, -0.1) is 0 Å². The Morgan fingerprint density at radius 1 is 1.53 bits per heavy atom. The van der Waals surface area contributed by atoms with Crippen LogP contribution in [-0.2, 0) is 11.4 Å². The Labute approximate surface area is 97.3 Å². The molecule has 0 aliphatic heterocycles. The third-order valence-corrected chi connectivity index (χ3v) is 2.75. The van der Waals surface area contributed by atoms with Crippen molar-refractivity contribution in [1.29, 1.82) is 0 Å². The zero-order valence-corrected chi connectivity index (χ0v) is 10.4. The summed E-state index contributed by atoms with van der Waals surface area (Å²) in [6, 6.07) is 5.44. The quantitative estimate of drug-likeness (QED) is 0.839. The number of hydrogen-bond donors (Lipinski definition) is 1. The van der Waals surface area contributed by atoms with Crippen molar-refractivity contribution in [2.24, 2.45) is 0 Å². The Hall–Kier alpha value is -0.940. The van der Waals surface area contributed by atoms with Crippen LogP contribution in [0.25, 0.3) is 0 Å². The molecule has 4 nitrogen and oxygen atoms in total. The molecule has 5 heteroatoms. The highest BCUT2D eigenvalue weighted by Crippen LogP contribution is 2.26. The van der Waals surface area contributed by atoms with E-state index in [1.165, 1.54) is 7.11 Å². The summed E-state index contributed by atoms with van der Waals surface area (Å²) in [5.74, 6) is 0. The van der Waals surface area contributed by atoms with E-state index < -0.39 is 0 Å². The van der Waals surface area contributed by atoms with Crippen molar-refractivity contribution in [3.63, 3.8) is 0 Å². The van der Waals surface area contributed by atoms with Crippen molar-refractivity contribution >= 4 is 21.6 Å². The normalized spacial score (nSPS) is 10.1. The van der Waals surface area contributed by atoms with Gasteiger partial charge < -0.3 is 5.32 Å². The second kappa shape index (κ2) is 5.82. The molecule has 1 rings (SSSR count). The maximum absolute atomic E-state index is 11.4. The molecule has 0 unspecified atom stereocenters. The standard InChI is InChI=1S/C10H14BrN2O2/c1-3-12-7-8-9(11)5-4-6-10(8)13(14)15-2/h4-6,12H,3,7H2,1-2H3/q+1. The lowest BCUT2D eigenvalue weighted by molar-refractivity contribution is -0.737. The van der Waals surface area contributed by atoms with E-state index in [-0.39, 0.29) is 0 Å². The smallest absolute Gasteiger partial charge is 0.313 e. The molecule has 15 heavy (non-hydrogen) atoms. The Kier molecular flexibility index (Phi) is 4.71. The number of rotatable bonds is 5. The minimum absolute atomic E-state index is 0.511. The molecule has 0 saturated heterocycles. The molecule has 82 valence electrons. The first-order chi connectivity index (χ1) is 7.20. The molecule has 0 spiro atoms. The largest absolute Gasteiger partial charge is 0.322 e. The third kappa shape index (κ3) is 3.00. The summed E-state index contributed by atoms with van der Waals surface area (Å²) in [5, 5.41) is 3.17. The van der Waals surface area contributed by atoms with Crippen LogP contribution in [0.5, 0.6) is 0 Å². The first-order valence-electron chi connectivity index (χ1n) is 4.70. The zero-order chi connectivity index (χ0) is 11.3. The average Bonchev–Trinajstić information content (AvgIpc) is 2.26. The van der Waals surface area contributed by atoms with E-state index in [0.29, 0.717) is 17.2 Å². The topological polar surface area (TPSA) is 41.3 Å². The van der Waals surface area contributed by atoms with E-state index in [0.717, 1.165) is 16.6 Å². The maximum Gasteiger partial charge on any atom is 0.322 e. The van der Waals surface area contributed by atoms with Crippen molar-refractivity contribution in [3.8, 4) is 0 Å². The molecule has 0 aliphatic carbocycles. The van der Waals surface area contributed by atoms with Crippen LogP contribution in [0.4, 0.5) is 5.69 Å². The summed E-state index contributed by atoms with van der Waals surface area (Å²) in [6.45, 7) is 3.50. The highest BCUT2D eigenvalue weighted by atomic mass is 79.9. The first kappa shape index (κ1) is 12.1. The van der Waals surface area contributed by atoms with Gasteiger partial charge in [-0.3, -0.25) is 0 Å². The van der Waals surface area contributed by atoms with Crippen molar-refractivity contribution in [1.82, 2.24) is 5.32 Å². The Morgan fingerprint density at radius 2 is 2.27 bits per heavy atom. The molecule has 1 aromatic carbocycles. The van der Waals surface area contributed by atoms with Crippen molar-refractivity contribution < 1.29 is 9.76 Å². The molecule has 0 atom stereocenters. The monoisotopic (exact) mass is 273 g/mol. The van der Waals surface area contributed by atoms with Crippen LogP contribution in [0, 0.1) is 4.91 Å². The van der Waals surface area contributed by atoms with Crippen LogP contribution >= 0.6 is 15.9 Å². The molecule has 0 aromatic heterocycles. The Morgan fingerprint density at radius 3 is 2.87 bits per heavy atom. The molecule has 0 aliphatic rings. The number of halogens is 1. The number of nitrogens with zero attached hydrogens (tertiary/aromatic N) is 1. The highest BCUT2D eigenvalue weighted by Gasteiger charge is 2.21. The van der Waals surface area contributed by atoms with Gasteiger partial charge in [-0.2, -0.15) is 0 Å². The van der Waals surface area contributed by atoms with Gasteiger partial charge in [-0.05, 0) is 12.6 Å². The molecule has 1 N–H and O–H groups in total. The number of hydrogen-bond acceptors (Lipinski definition) is 3. The maximum atomic E-state index is 11.4. The van der Waals surface area contributed by atoms with Crippen LogP contribution in [0.1, 0.15) is 12.5 Å². The fraction of sp³-hybridized carbons (Fsp3) is 0.400. The fourth-order valence-corrected chi connectivity index (χ4v) is 1.74. The molecule has 0 bridgehead atoms. The summed E-state index contributed by atoms with van der Waals surface area (Å²) in [5.41, 5.74) is 1.42. The lowest BCUT2D eigenvalue weighted by atomic mass is 10.2. The average molecular weight is 274 g/mol. The van der Waals surface area contributed by atoms with E-state index in [1.807, 2.05) is 13.0 Å². The lowest BCUT2D eigenvalue weighted by Gasteiger charge is -2.04. The van der Waals surface area contributed by atoms with E-state index in [9.17, 15) is 4.91 Å². The molecular weight excluding hydrogens is 260 g/mol. The van der Waals surface area contributed by atoms with Crippen LogP contribution in [0.15, 0.2) is 22.7 Å². The molecule has 0 amide bonds. The number of benzene rings is 1. The van der Waals surface area contributed by atoms with E-state index in [2.05, 4.69) is 26.1 Å². The highest BCUT2D eigenvalue weighted by molar-refractivity contribution is 9.10. The van der Waals surface area contributed by atoms with Crippen LogP contribution in [0.3, 0.4) is 0 Å². The van der Waals surface area contributed by atoms with Gasteiger partial charge >= 0.3 is 5.69 Å². The second-order valence-corrected chi connectivity index (χ2v) is 3.81. The molecular formula is C10H14BrN2O2+. The van der Waals surface area contributed by atoms with Crippen molar-refractivity contribution in [3.05, 3.63) is 33.1 Å². The second-order valence-electron chi connectivity index (χ2n) is 2.96. The molecule has 0 radical (unpaired) electrons. The van der Waals surface area contributed by atoms with E-state index in [1.54, 1.807) is 12.1 Å². The van der Waals surface area contributed by atoms with E-state index in [4.69, 9.17) is 0 Å². The Balaban J connectivity index is 3.03. The van der Waals surface area contributed by atoms with Crippen LogP contribution in [0.2, 0.25) is 0 Å². The van der Waals surface area contributed by atoms with Gasteiger partial charge in [0, 0.05) is 17.1 Å². The van der Waals surface area contributed by atoms with Crippen LogP contribution < -0.4 is 5.32 Å². The summed E-state index contributed by atoms with van der Waals surface area (Å²) in [7, 11) is 1.35. The summed E-state index contributed by atoms with van der Waals surface area (Å²) in [4.78, 5) is 16.5. The Bertz CT molecular complexity index is 355. The minimum atomic E-state index is 0.511. The fourth-order valence-electron chi connectivity index (χ4n) is 1.24. The van der Waals surface area contributed by atoms with Gasteiger partial charge in [0.15, 0.2) is 7.11 Å². The SMILES string of the molecule is CCNCc1c(Br)cccc1[N+](=O)OC. The summed E-state index contributed by atoms with van der Waals surface area (Å²) < 4.78 is 0.902. The predicted octanol–water partition coefficient (Wildman–Crippen LogP) is 2.53. The van der Waals surface area contributed by atoms with E-state index >= 15 is 0 Å². The minimum Gasteiger partial charge on any atom is -0.313 e. The van der Waals surface area contributed by atoms with Gasteiger partial charge in [0.1, 0.15) is 0 Å². The predicted molar refractivity (Wildman–Crippen MR) is 61.8 cm³/mol. The van der Waals surface area contributed by atoms with Gasteiger partial charge in [0.05, 0.1) is 10.5 Å². The summed E-state index contributed by atoms with van der Waals surface area (Å²) in [6.07, 6.45) is 0. The molecule has 0 heterocycles. The molecule has 0 fully saturated rings. The lowest BCUT2D eigenvalue weighted by Crippen LogP contribution is -2.14. The third-order valence-electron chi connectivity index (χ3n) is 2.01. The van der Waals surface area contributed by atoms with Gasteiger partial charge in [0.2, 0.25) is 0 Å². The van der Waals surface area contributed by atoms with Gasteiger partial charge in [-0.25, -0.2) is 4.84 Å². The number of nitrogens with one attached hydrogen (secondary N) is 1. The van der Waals surface area contributed by atoms with Gasteiger partial charge in [-0.1, -0.05) is 28.9 Å². The van der Waals surface area contributed by atoms with Crippen molar-refractivity contribution in [2.75, 3.05) is 13.7 Å². The molecule has 0 saturated carbocycles.